The highest BCUT2D eigenvalue weighted by molar-refractivity contribution is 6.02. The van der Waals surface area contributed by atoms with Crippen molar-refractivity contribution in [3.63, 3.8) is 0 Å². The fourth-order valence-corrected chi connectivity index (χ4v) is 1.11. The van der Waals surface area contributed by atoms with Gasteiger partial charge in [0.1, 0.15) is 34.7 Å². The van der Waals surface area contributed by atoms with Gasteiger partial charge in [-0.1, -0.05) is 0 Å². The van der Waals surface area contributed by atoms with Gasteiger partial charge in [0, 0.05) is 12.3 Å². The maximum absolute atomic E-state index is 12.9. The van der Waals surface area contributed by atoms with E-state index in [0.717, 1.165) is 6.20 Å². The number of hydrogen-bond acceptors (Lipinski definition) is 4. The van der Waals surface area contributed by atoms with Crippen molar-refractivity contribution < 1.29 is 9.13 Å². The zero-order chi connectivity index (χ0) is 12.8. The number of nitrogens with zero attached hydrogens (tertiary/aromatic N) is 2. The van der Waals surface area contributed by atoms with Gasteiger partial charge in [-0.15, -0.1) is 0 Å². The van der Waals surface area contributed by atoms with Gasteiger partial charge in [-0.05, 0) is 12.1 Å². The summed E-state index contributed by atoms with van der Waals surface area (Å²) >= 11 is 0. The average molecular weight is 234 g/mol. The Balaban J connectivity index is 3.19. The maximum Gasteiger partial charge on any atom is 0.147 e. The molecule has 0 radical (unpaired) electrons. The van der Waals surface area contributed by atoms with Crippen LogP contribution >= 0.6 is 0 Å². The molecule has 17 heavy (non-hydrogen) atoms. The van der Waals surface area contributed by atoms with Gasteiger partial charge in [-0.25, -0.2) is 9.38 Å². The summed E-state index contributed by atoms with van der Waals surface area (Å²) in [5.74, 6) is -0.281. The Labute approximate surface area is 97.8 Å². The lowest BCUT2D eigenvalue weighted by molar-refractivity contribution is 0.412. The first-order valence-electron chi connectivity index (χ1n) is 4.62. The van der Waals surface area contributed by atoms with Crippen LogP contribution in [0.2, 0.25) is 0 Å². The lowest BCUT2D eigenvalue weighted by Crippen LogP contribution is -2.14. The molecule has 88 valence electrons. The molecule has 0 atom stereocenters. The van der Waals surface area contributed by atoms with Crippen molar-refractivity contribution in [1.82, 2.24) is 0 Å². The predicted octanol–water partition coefficient (Wildman–Crippen LogP) is 1.19. The second kappa shape index (κ2) is 5.51. The van der Waals surface area contributed by atoms with Crippen molar-refractivity contribution in [3.05, 3.63) is 35.8 Å². The molecule has 1 rings (SSSR count). The van der Waals surface area contributed by atoms with Gasteiger partial charge >= 0.3 is 0 Å². The second-order valence-electron chi connectivity index (χ2n) is 3.01. The fraction of sp³-hybridized carbons (Fsp3) is 0.0909. The summed E-state index contributed by atoms with van der Waals surface area (Å²) in [7, 11) is 1.38. The van der Waals surface area contributed by atoms with Crippen LogP contribution in [0.25, 0.3) is 0 Å². The molecule has 0 aliphatic rings. The van der Waals surface area contributed by atoms with Gasteiger partial charge in [0.25, 0.3) is 0 Å². The SMILES string of the molecule is COc1cc(F)ccc1N=C(N)/C(C#N)=C\N. The number of amidine groups is 1. The van der Waals surface area contributed by atoms with Gasteiger partial charge in [0.05, 0.1) is 7.11 Å². The third kappa shape index (κ3) is 2.95. The van der Waals surface area contributed by atoms with Crippen LogP contribution in [-0.4, -0.2) is 12.9 Å². The maximum atomic E-state index is 12.9. The van der Waals surface area contributed by atoms with E-state index in [1.807, 2.05) is 0 Å². The fourth-order valence-electron chi connectivity index (χ4n) is 1.11. The third-order valence-electron chi connectivity index (χ3n) is 1.95. The highest BCUT2D eigenvalue weighted by Crippen LogP contribution is 2.28. The summed E-state index contributed by atoms with van der Waals surface area (Å²) in [5, 5.41) is 8.69. The lowest BCUT2D eigenvalue weighted by atomic mass is 10.2. The molecule has 0 aliphatic carbocycles. The molecule has 0 bridgehead atoms. The van der Waals surface area contributed by atoms with Crippen molar-refractivity contribution in [3.8, 4) is 11.8 Å². The minimum absolute atomic E-state index is 0.0383. The smallest absolute Gasteiger partial charge is 0.147 e. The Morgan fingerprint density at radius 2 is 2.29 bits per heavy atom. The molecule has 0 aliphatic heterocycles. The number of hydrogen-bond donors (Lipinski definition) is 2. The standard InChI is InChI=1S/C11H11FN4O/c1-17-10-4-8(12)2-3-9(10)16-11(15)7(5-13)6-14/h2-5H,13H2,1H3,(H2,15,16)/b7-5-. The molecule has 5 nitrogen and oxygen atoms in total. The second-order valence-corrected chi connectivity index (χ2v) is 3.01. The summed E-state index contributed by atoms with van der Waals surface area (Å²) in [5.41, 5.74) is 11.1. The van der Waals surface area contributed by atoms with E-state index < -0.39 is 5.82 Å². The van der Waals surface area contributed by atoms with E-state index in [0.29, 0.717) is 5.69 Å². The topological polar surface area (TPSA) is 97.4 Å². The van der Waals surface area contributed by atoms with Crippen LogP contribution in [0.5, 0.6) is 5.75 Å². The molecule has 1 aromatic carbocycles. The summed E-state index contributed by atoms with van der Waals surface area (Å²) < 4.78 is 17.9. The quantitative estimate of drug-likeness (QED) is 0.466. The van der Waals surface area contributed by atoms with Crippen LogP contribution in [0.3, 0.4) is 0 Å². The van der Waals surface area contributed by atoms with Gasteiger partial charge in [-0.2, -0.15) is 5.26 Å². The molecular formula is C11H11FN4O. The summed E-state index contributed by atoms with van der Waals surface area (Å²) in [6.45, 7) is 0. The average Bonchev–Trinajstić information content (AvgIpc) is 2.33. The van der Waals surface area contributed by atoms with Gasteiger partial charge in [0.15, 0.2) is 0 Å². The Morgan fingerprint density at radius 3 is 2.82 bits per heavy atom. The summed E-state index contributed by atoms with van der Waals surface area (Å²) in [6, 6.07) is 5.57. The molecule has 0 saturated heterocycles. The Morgan fingerprint density at radius 1 is 1.59 bits per heavy atom. The normalized spacial score (nSPS) is 12.1. The zero-order valence-corrected chi connectivity index (χ0v) is 9.14. The molecule has 0 fully saturated rings. The van der Waals surface area contributed by atoms with Crippen molar-refractivity contribution >= 4 is 11.5 Å². The molecule has 6 heteroatoms. The monoisotopic (exact) mass is 234 g/mol. The van der Waals surface area contributed by atoms with E-state index >= 15 is 0 Å². The Kier molecular flexibility index (Phi) is 4.06. The number of aliphatic imine (C=N–C) groups is 1. The molecule has 0 unspecified atom stereocenters. The molecule has 1 aromatic rings. The van der Waals surface area contributed by atoms with E-state index in [-0.39, 0.29) is 17.2 Å². The van der Waals surface area contributed by atoms with Crippen LogP contribution in [0, 0.1) is 17.1 Å². The Hall–Kier alpha value is -2.55. The first kappa shape index (κ1) is 12.5. The number of ether oxygens (including phenoxy) is 1. The third-order valence-corrected chi connectivity index (χ3v) is 1.95. The molecule has 0 aromatic heterocycles. The largest absolute Gasteiger partial charge is 0.494 e. The number of halogens is 1. The van der Waals surface area contributed by atoms with E-state index in [1.54, 1.807) is 6.07 Å². The van der Waals surface area contributed by atoms with Crippen molar-refractivity contribution in [1.29, 1.82) is 5.26 Å². The highest BCUT2D eigenvalue weighted by Gasteiger charge is 2.06. The van der Waals surface area contributed by atoms with E-state index in [2.05, 4.69) is 4.99 Å². The number of benzene rings is 1. The first-order valence-corrected chi connectivity index (χ1v) is 4.62. The van der Waals surface area contributed by atoms with Crippen LogP contribution < -0.4 is 16.2 Å². The molecule has 0 amide bonds. The molecule has 0 saturated carbocycles. The molecule has 0 spiro atoms. The predicted molar refractivity (Wildman–Crippen MR) is 62.1 cm³/mol. The highest BCUT2D eigenvalue weighted by atomic mass is 19.1. The van der Waals surface area contributed by atoms with Crippen LogP contribution in [0.15, 0.2) is 35.0 Å². The van der Waals surface area contributed by atoms with Crippen LogP contribution in [0.1, 0.15) is 0 Å². The van der Waals surface area contributed by atoms with Crippen molar-refractivity contribution in [2.24, 2.45) is 16.5 Å². The van der Waals surface area contributed by atoms with Gasteiger partial charge < -0.3 is 16.2 Å². The van der Waals surface area contributed by atoms with E-state index in [4.69, 9.17) is 21.5 Å². The number of nitrogens with two attached hydrogens (primary N) is 2. The van der Waals surface area contributed by atoms with Gasteiger partial charge in [0.2, 0.25) is 0 Å². The molecular weight excluding hydrogens is 223 g/mol. The number of rotatable bonds is 3. The van der Waals surface area contributed by atoms with Crippen molar-refractivity contribution in [2.45, 2.75) is 0 Å². The lowest BCUT2D eigenvalue weighted by Gasteiger charge is -2.05. The zero-order valence-electron chi connectivity index (χ0n) is 9.14. The van der Waals surface area contributed by atoms with E-state index in [1.165, 1.54) is 25.3 Å². The summed E-state index contributed by atoms with van der Waals surface area (Å²) in [6.07, 6.45) is 1.05. The van der Waals surface area contributed by atoms with E-state index in [9.17, 15) is 4.39 Å². The first-order chi connectivity index (χ1) is 8.12. The minimum Gasteiger partial charge on any atom is -0.494 e. The summed E-state index contributed by atoms with van der Waals surface area (Å²) in [4.78, 5) is 3.94. The number of methoxy groups -OCH3 is 1. The molecule has 4 N–H and O–H groups in total. The van der Waals surface area contributed by atoms with Crippen molar-refractivity contribution in [2.75, 3.05) is 7.11 Å². The van der Waals surface area contributed by atoms with Gasteiger partial charge in [-0.3, -0.25) is 0 Å². The number of nitriles is 1. The minimum atomic E-state index is -0.450. The Bertz CT molecular complexity index is 517. The van der Waals surface area contributed by atoms with Crippen LogP contribution in [-0.2, 0) is 0 Å². The molecule has 0 heterocycles. The van der Waals surface area contributed by atoms with Crippen LogP contribution in [0.4, 0.5) is 10.1 Å².